The molecule has 2 aromatic rings. The lowest BCUT2D eigenvalue weighted by atomic mass is 10.1. The summed E-state index contributed by atoms with van der Waals surface area (Å²) in [6.45, 7) is 6.08. The maximum absolute atomic E-state index is 6.13. The lowest BCUT2D eigenvalue weighted by Gasteiger charge is -2.16. The third kappa shape index (κ3) is 3.73. The van der Waals surface area contributed by atoms with E-state index in [2.05, 4.69) is 22.2 Å². The fourth-order valence-corrected chi connectivity index (χ4v) is 2.14. The van der Waals surface area contributed by atoms with E-state index < -0.39 is 0 Å². The third-order valence-electron chi connectivity index (χ3n) is 3.24. The summed E-state index contributed by atoms with van der Waals surface area (Å²) < 4.78 is 5.34. The molecule has 0 aliphatic rings. The van der Waals surface area contributed by atoms with Gasteiger partial charge < -0.3 is 9.73 Å². The van der Waals surface area contributed by atoms with Crippen molar-refractivity contribution in [2.75, 3.05) is 5.32 Å². The van der Waals surface area contributed by atoms with Crippen molar-refractivity contribution in [3.05, 3.63) is 40.7 Å². The number of halogens is 1. The van der Waals surface area contributed by atoms with Crippen LogP contribution >= 0.6 is 11.6 Å². The molecule has 0 fully saturated rings. The summed E-state index contributed by atoms with van der Waals surface area (Å²) >= 11 is 6.13. The average Bonchev–Trinajstić information content (AvgIpc) is 2.94. The lowest BCUT2D eigenvalue weighted by Crippen LogP contribution is -2.18. The minimum absolute atomic E-state index is 0.287. The van der Waals surface area contributed by atoms with Crippen LogP contribution in [-0.4, -0.2) is 16.0 Å². The third-order valence-corrected chi connectivity index (χ3v) is 3.60. The first-order valence-electron chi connectivity index (χ1n) is 6.92. The van der Waals surface area contributed by atoms with Crippen LogP contribution in [0.15, 0.2) is 22.8 Å². The highest BCUT2D eigenvalue weighted by Crippen LogP contribution is 2.21. The molecule has 2 rings (SSSR count). The second-order valence-corrected chi connectivity index (χ2v) is 5.28. The van der Waals surface area contributed by atoms with Crippen molar-refractivity contribution < 1.29 is 4.42 Å². The number of hydrogen-bond acceptors (Lipinski definition) is 4. The van der Waals surface area contributed by atoms with E-state index in [4.69, 9.17) is 16.0 Å². The number of anilines is 1. The van der Waals surface area contributed by atoms with Gasteiger partial charge in [-0.15, -0.1) is 0 Å². The normalized spacial score (nSPS) is 12.4. The first kappa shape index (κ1) is 14.9. The highest BCUT2D eigenvalue weighted by Gasteiger charge is 2.11. The smallest absolute Gasteiger partial charge is 0.137 e. The van der Waals surface area contributed by atoms with E-state index in [0.717, 1.165) is 42.2 Å². The average molecular weight is 294 g/mol. The molecule has 0 radical (unpaired) electrons. The predicted molar refractivity (Wildman–Crippen MR) is 81.3 cm³/mol. The van der Waals surface area contributed by atoms with Crippen molar-refractivity contribution in [2.45, 2.75) is 46.1 Å². The molecule has 1 unspecified atom stereocenters. The Morgan fingerprint density at radius 1 is 1.40 bits per heavy atom. The monoisotopic (exact) mass is 293 g/mol. The van der Waals surface area contributed by atoms with Gasteiger partial charge in [-0.25, -0.2) is 9.97 Å². The van der Waals surface area contributed by atoms with Gasteiger partial charge in [0.25, 0.3) is 0 Å². The summed E-state index contributed by atoms with van der Waals surface area (Å²) in [5, 5.41) is 3.94. The second kappa shape index (κ2) is 6.75. The van der Waals surface area contributed by atoms with Crippen molar-refractivity contribution >= 4 is 17.4 Å². The Morgan fingerprint density at radius 2 is 2.20 bits per heavy atom. The van der Waals surface area contributed by atoms with Crippen LogP contribution in [0.25, 0.3) is 0 Å². The molecule has 0 saturated heterocycles. The van der Waals surface area contributed by atoms with Crippen LogP contribution in [0.1, 0.15) is 37.4 Å². The maximum atomic E-state index is 6.13. The molecule has 0 aromatic carbocycles. The zero-order valence-electron chi connectivity index (χ0n) is 12.1. The molecule has 1 atom stereocenters. The summed E-state index contributed by atoms with van der Waals surface area (Å²) in [5.41, 5.74) is 0.897. The van der Waals surface area contributed by atoms with E-state index in [9.17, 15) is 0 Å². The Morgan fingerprint density at radius 3 is 2.85 bits per heavy atom. The number of furan rings is 1. The van der Waals surface area contributed by atoms with E-state index in [1.165, 1.54) is 0 Å². The molecule has 1 N–H and O–H groups in total. The fraction of sp³-hybridized carbons (Fsp3) is 0.467. The molecule has 2 heterocycles. The van der Waals surface area contributed by atoms with Gasteiger partial charge in [0.05, 0.1) is 6.26 Å². The van der Waals surface area contributed by atoms with Crippen LogP contribution in [0.5, 0.6) is 0 Å². The number of rotatable bonds is 6. The van der Waals surface area contributed by atoms with Crippen molar-refractivity contribution in [1.82, 2.24) is 9.97 Å². The van der Waals surface area contributed by atoms with Crippen LogP contribution < -0.4 is 5.32 Å². The maximum Gasteiger partial charge on any atom is 0.137 e. The molecular weight excluding hydrogens is 274 g/mol. The molecule has 0 aliphatic carbocycles. The molecule has 2 aromatic heterocycles. The number of nitrogens with zero attached hydrogens (tertiary/aromatic N) is 2. The summed E-state index contributed by atoms with van der Waals surface area (Å²) in [4.78, 5) is 8.75. The Bertz CT molecular complexity index is 554. The van der Waals surface area contributed by atoms with Crippen LogP contribution in [-0.2, 0) is 12.8 Å². The van der Waals surface area contributed by atoms with Gasteiger partial charge >= 0.3 is 0 Å². The number of nitrogens with one attached hydrogen (secondary N) is 1. The summed E-state index contributed by atoms with van der Waals surface area (Å²) in [6.07, 6.45) is 4.35. The molecule has 0 saturated carbocycles. The predicted octanol–water partition coefficient (Wildman–Crippen LogP) is 4.03. The van der Waals surface area contributed by atoms with Crippen LogP contribution in [0.2, 0.25) is 5.15 Å². The van der Waals surface area contributed by atoms with E-state index in [1.807, 2.05) is 26.0 Å². The minimum Gasteiger partial charge on any atom is -0.469 e. The van der Waals surface area contributed by atoms with Gasteiger partial charge in [-0.1, -0.05) is 18.5 Å². The van der Waals surface area contributed by atoms with Crippen molar-refractivity contribution in [1.29, 1.82) is 0 Å². The van der Waals surface area contributed by atoms with Gasteiger partial charge in [0.1, 0.15) is 22.6 Å². The molecule has 20 heavy (non-hydrogen) atoms. The minimum atomic E-state index is 0.287. The molecular formula is C15H20ClN3O. The van der Waals surface area contributed by atoms with Gasteiger partial charge in [0, 0.05) is 24.4 Å². The topological polar surface area (TPSA) is 51.0 Å². The van der Waals surface area contributed by atoms with Gasteiger partial charge in [-0.3, -0.25) is 0 Å². The Kier molecular flexibility index (Phi) is 5.01. The van der Waals surface area contributed by atoms with E-state index in [0.29, 0.717) is 5.15 Å². The van der Waals surface area contributed by atoms with Gasteiger partial charge in [-0.2, -0.15) is 0 Å². The largest absolute Gasteiger partial charge is 0.469 e. The fourth-order valence-electron chi connectivity index (χ4n) is 1.95. The zero-order chi connectivity index (χ0) is 14.5. The Balaban J connectivity index is 1.99. The van der Waals surface area contributed by atoms with Crippen molar-refractivity contribution in [3.63, 3.8) is 0 Å². The number of aryl methyl sites for hydroxylation is 2. The quantitative estimate of drug-likeness (QED) is 0.817. The van der Waals surface area contributed by atoms with Gasteiger partial charge in [0.2, 0.25) is 0 Å². The summed E-state index contributed by atoms with van der Waals surface area (Å²) in [5.74, 6) is 2.60. The first-order valence-corrected chi connectivity index (χ1v) is 7.30. The summed E-state index contributed by atoms with van der Waals surface area (Å²) in [6, 6.07) is 4.19. The number of aromatic nitrogens is 2. The Hall–Kier alpha value is -1.55. The van der Waals surface area contributed by atoms with Crippen molar-refractivity contribution in [2.24, 2.45) is 0 Å². The van der Waals surface area contributed by atoms with Crippen molar-refractivity contribution in [3.8, 4) is 0 Å². The zero-order valence-corrected chi connectivity index (χ0v) is 12.9. The van der Waals surface area contributed by atoms with E-state index >= 15 is 0 Å². The van der Waals surface area contributed by atoms with E-state index in [1.54, 1.807) is 6.26 Å². The molecule has 108 valence electrons. The van der Waals surface area contributed by atoms with Gasteiger partial charge in [-0.05, 0) is 32.4 Å². The van der Waals surface area contributed by atoms with Crippen LogP contribution in [0, 0.1) is 6.92 Å². The standard InChI is InChI=1S/C15H20ClN3O/c1-4-13-18-14(16)11(3)15(19-13)17-10(2)7-8-12-6-5-9-20-12/h5-6,9-10H,4,7-8H2,1-3H3,(H,17,18,19). The second-order valence-electron chi connectivity index (χ2n) is 4.92. The van der Waals surface area contributed by atoms with Crippen LogP contribution in [0.4, 0.5) is 5.82 Å². The Labute approximate surface area is 124 Å². The summed E-state index contributed by atoms with van der Waals surface area (Å²) in [7, 11) is 0. The highest BCUT2D eigenvalue weighted by molar-refractivity contribution is 6.30. The highest BCUT2D eigenvalue weighted by atomic mass is 35.5. The molecule has 0 aliphatic heterocycles. The SMILES string of the molecule is CCc1nc(Cl)c(C)c(NC(C)CCc2ccco2)n1. The van der Waals surface area contributed by atoms with Crippen LogP contribution in [0.3, 0.4) is 0 Å². The molecule has 4 nitrogen and oxygen atoms in total. The van der Waals surface area contributed by atoms with Gasteiger partial charge in [0.15, 0.2) is 0 Å². The van der Waals surface area contributed by atoms with E-state index in [-0.39, 0.29) is 6.04 Å². The molecule has 0 amide bonds. The first-order chi connectivity index (χ1) is 9.60. The molecule has 5 heteroatoms. The molecule has 0 bridgehead atoms. The number of hydrogen-bond donors (Lipinski definition) is 1. The lowest BCUT2D eigenvalue weighted by molar-refractivity contribution is 0.494. The molecule has 0 spiro atoms.